The Morgan fingerprint density at radius 1 is 0.365 bits per heavy atom. The van der Waals surface area contributed by atoms with Gasteiger partial charge in [-0.25, -0.2) is 9.97 Å². The molecule has 0 radical (unpaired) electrons. The predicted octanol–water partition coefficient (Wildman–Crippen LogP) is 16.2. The number of aromatic nitrogens is 2. The fourth-order valence-corrected chi connectivity index (χ4v) is 11.1. The number of hydrogen-bond acceptors (Lipinski definition) is 3. The fraction of sp³-hybridized carbons (Fsp3) is 0.0333. The number of rotatable bonds is 7. The molecule has 0 saturated carbocycles. The molecule has 2 nitrogen and oxygen atoms in total. The zero-order valence-corrected chi connectivity index (χ0v) is 35.5. The summed E-state index contributed by atoms with van der Waals surface area (Å²) in [7, 11) is 0. The molecule has 296 valence electrons. The van der Waals surface area contributed by atoms with Crippen molar-refractivity contribution < 1.29 is 0 Å². The van der Waals surface area contributed by atoms with E-state index >= 15 is 0 Å². The third kappa shape index (κ3) is 6.23. The second-order valence-electron chi connectivity index (χ2n) is 16.6. The molecule has 0 aliphatic heterocycles. The molecule has 1 atom stereocenters. The average molecular weight is 821 g/mol. The molecule has 11 aromatic rings. The van der Waals surface area contributed by atoms with Crippen molar-refractivity contribution >= 4 is 31.5 Å². The van der Waals surface area contributed by atoms with Crippen LogP contribution in [0.15, 0.2) is 224 Å². The molecule has 9 aromatic carbocycles. The molecule has 1 unspecified atom stereocenters. The number of nitrogens with zero attached hydrogens (tertiary/aromatic N) is 2. The second-order valence-corrected chi connectivity index (χ2v) is 17.7. The summed E-state index contributed by atoms with van der Waals surface area (Å²) >= 11 is 1.86. The Kier molecular flexibility index (Phi) is 8.84. The number of fused-ring (bicyclic) bond motifs is 6. The molecular formula is C60H40N2S. The lowest BCUT2D eigenvalue weighted by Gasteiger charge is -2.28. The first-order chi connectivity index (χ1) is 31.1. The molecule has 63 heavy (non-hydrogen) atoms. The van der Waals surface area contributed by atoms with Crippen LogP contribution in [-0.2, 0) is 5.41 Å². The highest BCUT2D eigenvalue weighted by Crippen LogP contribution is 2.55. The lowest BCUT2D eigenvalue weighted by Crippen LogP contribution is -2.22. The maximum absolute atomic E-state index is 5.32. The van der Waals surface area contributed by atoms with Gasteiger partial charge in [0, 0.05) is 42.3 Å². The largest absolute Gasteiger partial charge is 0.228 e. The van der Waals surface area contributed by atoms with Gasteiger partial charge in [0.05, 0.1) is 11.4 Å². The molecule has 2 heterocycles. The van der Waals surface area contributed by atoms with Gasteiger partial charge in [0.1, 0.15) is 0 Å². The smallest absolute Gasteiger partial charge is 0.160 e. The minimum atomic E-state index is -0.271. The Morgan fingerprint density at radius 2 is 0.905 bits per heavy atom. The normalized spacial score (nSPS) is 14.2. The van der Waals surface area contributed by atoms with E-state index in [0.717, 1.165) is 44.8 Å². The lowest BCUT2D eigenvalue weighted by atomic mass is 9.74. The molecule has 1 aliphatic rings. The number of thiophene rings is 1. The summed E-state index contributed by atoms with van der Waals surface area (Å²) in [5, 5.41) is 2.57. The third-order valence-corrected chi connectivity index (χ3v) is 14.2. The second kappa shape index (κ2) is 15.0. The Balaban J connectivity index is 1.07. The summed E-state index contributed by atoms with van der Waals surface area (Å²) in [6.07, 6.45) is 0. The van der Waals surface area contributed by atoms with Crippen molar-refractivity contribution in [1.29, 1.82) is 0 Å². The van der Waals surface area contributed by atoms with E-state index in [0.29, 0.717) is 5.82 Å². The summed E-state index contributed by atoms with van der Waals surface area (Å²) in [5.74, 6) is 0.702. The van der Waals surface area contributed by atoms with Crippen LogP contribution in [0.1, 0.15) is 23.6 Å². The molecule has 0 N–H and O–H groups in total. The van der Waals surface area contributed by atoms with Crippen LogP contribution in [-0.4, -0.2) is 9.97 Å². The molecule has 0 bridgehead atoms. The van der Waals surface area contributed by atoms with Gasteiger partial charge in [-0.1, -0.05) is 188 Å². The van der Waals surface area contributed by atoms with E-state index in [4.69, 9.17) is 9.97 Å². The molecule has 0 fully saturated rings. The molecule has 3 heteroatoms. The van der Waals surface area contributed by atoms with Crippen LogP contribution in [0.4, 0.5) is 0 Å². The summed E-state index contributed by atoms with van der Waals surface area (Å²) in [5.41, 5.74) is 18.2. The highest BCUT2D eigenvalue weighted by atomic mass is 32.1. The van der Waals surface area contributed by atoms with Crippen LogP contribution in [0, 0.1) is 0 Å². The molecule has 0 spiro atoms. The van der Waals surface area contributed by atoms with Gasteiger partial charge in [-0.3, -0.25) is 0 Å². The van der Waals surface area contributed by atoms with Crippen LogP contribution in [0.2, 0.25) is 0 Å². The third-order valence-electron chi connectivity index (χ3n) is 13.0. The first kappa shape index (κ1) is 37.1. The van der Waals surface area contributed by atoms with Crippen molar-refractivity contribution in [2.75, 3.05) is 0 Å². The standard InChI is InChI=1S/C60H40N2S/c1-60(46-24-9-4-10-25-46)52-31-13-11-27-51(52)57-47(28-17-32-53(57)60)42-23-15-22-41(34-42)43-35-44(48-29-16-30-50-49-26-12-14-33-56(49)63-58(48)50)37-45(36-43)55-38-54(39-18-5-2-6-19-39)61-59(62-55)40-20-7-3-8-21-40/h2-38H,1H3. The molecule has 1 aliphatic carbocycles. The van der Waals surface area contributed by atoms with Crippen molar-refractivity contribution in [2.45, 2.75) is 12.3 Å². The Labute approximate surface area is 371 Å². The topological polar surface area (TPSA) is 25.8 Å². The van der Waals surface area contributed by atoms with E-state index in [9.17, 15) is 0 Å². The molecule has 2 aromatic heterocycles. The zero-order chi connectivity index (χ0) is 41.9. The Hall–Kier alpha value is -7.72. The number of benzene rings is 9. The van der Waals surface area contributed by atoms with Crippen molar-refractivity contribution in [2.24, 2.45) is 0 Å². The van der Waals surface area contributed by atoms with Gasteiger partial charge in [-0.15, -0.1) is 11.3 Å². The minimum absolute atomic E-state index is 0.271. The van der Waals surface area contributed by atoms with Gasteiger partial charge in [0.25, 0.3) is 0 Å². The summed E-state index contributed by atoms with van der Waals surface area (Å²) in [4.78, 5) is 10.5. The Morgan fingerprint density at radius 3 is 1.73 bits per heavy atom. The summed E-state index contributed by atoms with van der Waals surface area (Å²) in [6.45, 7) is 2.39. The molecular weight excluding hydrogens is 781 g/mol. The molecule has 0 saturated heterocycles. The van der Waals surface area contributed by atoms with E-state index in [1.165, 1.54) is 64.7 Å². The monoisotopic (exact) mass is 820 g/mol. The minimum Gasteiger partial charge on any atom is -0.228 e. The maximum Gasteiger partial charge on any atom is 0.160 e. The van der Waals surface area contributed by atoms with Gasteiger partial charge in [0.2, 0.25) is 0 Å². The lowest BCUT2D eigenvalue weighted by molar-refractivity contribution is 0.714. The molecule has 12 rings (SSSR count). The average Bonchev–Trinajstić information content (AvgIpc) is 3.88. The fourth-order valence-electron chi connectivity index (χ4n) is 9.87. The van der Waals surface area contributed by atoms with E-state index in [-0.39, 0.29) is 5.41 Å². The first-order valence-corrected chi connectivity index (χ1v) is 22.4. The van der Waals surface area contributed by atoms with Gasteiger partial charge in [-0.05, 0) is 105 Å². The number of hydrogen-bond donors (Lipinski definition) is 0. The van der Waals surface area contributed by atoms with E-state index < -0.39 is 0 Å². The van der Waals surface area contributed by atoms with Crippen molar-refractivity contribution in [1.82, 2.24) is 9.97 Å². The predicted molar refractivity (Wildman–Crippen MR) is 265 cm³/mol. The van der Waals surface area contributed by atoms with Gasteiger partial charge < -0.3 is 0 Å². The van der Waals surface area contributed by atoms with Crippen molar-refractivity contribution in [3.63, 3.8) is 0 Å². The van der Waals surface area contributed by atoms with Crippen LogP contribution in [0.5, 0.6) is 0 Å². The van der Waals surface area contributed by atoms with E-state index in [1.807, 2.05) is 35.6 Å². The van der Waals surface area contributed by atoms with Gasteiger partial charge >= 0.3 is 0 Å². The molecule has 0 amide bonds. The van der Waals surface area contributed by atoms with Gasteiger partial charge in [0.15, 0.2) is 5.82 Å². The zero-order valence-electron chi connectivity index (χ0n) is 34.7. The van der Waals surface area contributed by atoms with Crippen molar-refractivity contribution in [3.8, 4) is 78.4 Å². The van der Waals surface area contributed by atoms with Crippen LogP contribution in [0.3, 0.4) is 0 Å². The highest BCUT2D eigenvalue weighted by Gasteiger charge is 2.41. The summed E-state index contributed by atoms with van der Waals surface area (Å²) < 4.78 is 2.58. The van der Waals surface area contributed by atoms with E-state index in [2.05, 4.69) is 207 Å². The maximum atomic E-state index is 5.32. The van der Waals surface area contributed by atoms with Crippen LogP contribution >= 0.6 is 11.3 Å². The quantitative estimate of drug-likeness (QED) is 0.160. The van der Waals surface area contributed by atoms with Crippen LogP contribution in [0.25, 0.3) is 98.6 Å². The van der Waals surface area contributed by atoms with Crippen LogP contribution < -0.4 is 0 Å². The SMILES string of the molecule is CC1(c2ccccc2)c2ccccc2-c2c(-c3cccc(-c4cc(-c5cc(-c6ccccc6)nc(-c6ccccc6)n5)cc(-c5cccc6c5sc5ccccc56)c4)c3)cccc21. The van der Waals surface area contributed by atoms with Crippen molar-refractivity contribution in [3.05, 3.63) is 241 Å². The van der Waals surface area contributed by atoms with E-state index in [1.54, 1.807) is 0 Å². The highest BCUT2D eigenvalue weighted by molar-refractivity contribution is 7.26. The van der Waals surface area contributed by atoms with Gasteiger partial charge in [-0.2, -0.15) is 0 Å². The Bertz CT molecular complexity index is 3460. The first-order valence-electron chi connectivity index (χ1n) is 21.6. The summed E-state index contributed by atoms with van der Waals surface area (Å²) in [6, 6.07) is 81.3.